The Balaban J connectivity index is 2.04. The van der Waals surface area contributed by atoms with Crippen molar-refractivity contribution in [3.8, 4) is 0 Å². The number of rotatable bonds is 5. The van der Waals surface area contributed by atoms with Crippen molar-refractivity contribution in [2.24, 2.45) is 0 Å². The number of ether oxygens (including phenoxy) is 1. The summed E-state index contributed by atoms with van der Waals surface area (Å²) in [5, 5.41) is 3.72. The Morgan fingerprint density at radius 3 is 2.37 bits per heavy atom. The molecule has 0 aliphatic heterocycles. The first kappa shape index (κ1) is 13.8. The second-order valence-corrected chi connectivity index (χ2v) is 4.50. The van der Waals surface area contributed by atoms with Crippen molar-refractivity contribution in [3.05, 3.63) is 47.2 Å². The molecule has 0 fully saturated rings. The fraction of sp³-hybridized carbons (Fsp3) is 0.286. The van der Waals surface area contributed by atoms with Gasteiger partial charge in [0.2, 0.25) is 0 Å². The molecule has 19 heavy (non-hydrogen) atoms. The van der Waals surface area contributed by atoms with Crippen LogP contribution in [0.3, 0.4) is 0 Å². The Labute approximate surface area is 117 Å². The third kappa shape index (κ3) is 3.91. The molecule has 0 aliphatic carbocycles. The smallest absolute Gasteiger partial charge is 0.131 e. The molecule has 0 bridgehead atoms. The van der Waals surface area contributed by atoms with E-state index in [1.807, 2.05) is 26.0 Å². The molecule has 1 N–H and O–H groups in total. The molecule has 0 saturated carbocycles. The number of anilines is 2. The van der Waals surface area contributed by atoms with Gasteiger partial charge in [0.05, 0.1) is 11.1 Å². The van der Waals surface area contributed by atoms with Gasteiger partial charge in [-0.15, -0.1) is 0 Å². The molecule has 2 heterocycles. The van der Waals surface area contributed by atoms with Gasteiger partial charge < -0.3 is 10.1 Å². The van der Waals surface area contributed by atoms with Crippen LogP contribution in [-0.4, -0.2) is 16.6 Å². The third-order valence-corrected chi connectivity index (χ3v) is 2.88. The van der Waals surface area contributed by atoms with Crippen LogP contribution >= 0.6 is 11.6 Å². The lowest BCUT2D eigenvalue weighted by atomic mass is 10.2. The molecule has 0 aliphatic rings. The second kappa shape index (κ2) is 6.50. The van der Waals surface area contributed by atoms with E-state index < -0.39 is 0 Å². The Morgan fingerprint density at radius 2 is 1.84 bits per heavy atom. The number of pyridine rings is 2. The number of halogens is 1. The zero-order chi connectivity index (χ0) is 13.7. The maximum atomic E-state index is 5.78. The molecular formula is C14H16ClN3O. The Bertz CT molecular complexity index is 513. The first-order chi connectivity index (χ1) is 9.19. The van der Waals surface area contributed by atoms with Gasteiger partial charge in [0.15, 0.2) is 0 Å². The summed E-state index contributed by atoms with van der Waals surface area (Å²) in [5.41, 5.74) is 1.05. The van der Waals surface area contributed by atoms with E-state index in [1.54, 1.807) is 24.5 Å². The average Bonchev–Trinajstić information content (AvgIpc) is 2.42. The number of hydrogen-bond donors (Lipinski definition) is 1. The molecule has 4 nitrogen and oxygen atoms in total. The maximum Gasteiger partial charge on any atom is 0.131 e. The van der Waals surface area contributed by atoms with Gasteiger partial charge >= 0.3 is 0 Å². The standard InChI is InChI=1S/C14H16ClN3O/c1-3-19-10(2)11-4-6-13(16-8-11)18-14-7-5-12(15)9-17-14/h4-10H,3H2,1-2H3,(H,16,17,18). The van der Waals surface area contributed by atoms with E-state index in [2.05, 4.69) is 15.3 Å². The fourth-order valence-electron chi connectivity index (χ4n) is 1.65. The first-order valence-corrected chi connectivity index (χ1v) is 6.53. The van der Waals surface area contributed by atoms with Crippen molar-refractivity contribution in [3.63, 3.8) is 0 Å². The van der Waals surface area contributed by atoms with E-state index in [4.69, 9.17) is 16.3 Å². The van der Waals surface area contributed by atoms with Crippen LogP contribution in [0.2, 0.25) is 5.02 Å². The predicted octanol–water partition coefficient (Wildman–Crippen LogP) is 3.97. The van der Waals surface area contributed by atoms with Crippen LogP contribution in [-0.2, 0) is 4.74 Å². The summed E-state index contributed by atoms with van der Waals surface area (Å²) in [6.45, 7) is 4.68. The minimum Gasteiger partial charge on any atom is -0.374 e. The normalized spacial score (nSPS) is 12.2. The van der Waals surface area contributed by atoms with Gasteiger partial charge in [-0.2, -0.15) is 0 Å². The third-order valence-electron chi connectivity index (χ3n) is 2.66. The molecule has 1 atom stereocenters. The summed E-state index contributed by atoms with van der Waals surface area (Å²) in [6.07, 6.45) is 3.45. The van der Waals surface area contributed by atoms with Crippen molar-refractivity contribution >= 4 is 23.2 Å². The number of nitrogens with one attached hydrogen (secondary N) is 1. The zero-order valence-electron chi connectivity index (χ0n) is 10.9. The molecular weight excluding hydrogens is 262 g/mol. The van der Waals surface area contributed by atoms with Crippen LogP contribution in [0.25, 0.3) is 0 Å². The van der Waals surface area contributed by atoms with E-state index in [0.717, 1.165) is 11.4 Å². The lowest BCUT2D eigenvalue weighted by molar-refractivity contribution is 0.0762. The van der Waals surface area contributed by atoms with Crippen LogP contribution in [0.15, 0.2) is 36.7 Å². The highest BCUT2D eigenvalue weighted by atomic mass is 35.5. The Kier molecular flexibility index (Phi) is 4.71. The van der Waals surface area contributed by atoms with E-state index in [1.165, 1.54) is 0 Å². The van der Waals surface area contributed by atoms with Crippen LogP contribution in [0.5, 0.6) is 0 Å². The first-order valence-electron chi connectivity index (χ1n) is 6.15. The van der Waals surface area contributed by atoms with Gasteiger partial charge in [-0.1, -0.05) is 17.7 Å². The van der Waals surface area contributed by atoms with Crippen molar-refractivity contribution in [1.29, 1.82) is 0 Å². The summed E-state index contributed by atoms with van der Waals surface area (Å²) in [4.78, 5) is 8.49. The summed E-state index contributed by atoms with van der Waals surface area (Å²) in [5.74, 6) is 1.45. The predicted molar refractivity (Wildman–Crippen MR) is 76.8 cm³/mol. The Hall–Kier alpha value is -1.65. The van der Waals surface area contributed by atoms with Crippen molar-refractivity contribution in [1.82, 2.24) is 9.97 Å². The molecule has 2 rings (SSSR count). The lowest BCUT2D eigenvalue weighted by Gasteiger charge is -2.12. The molecule has 0 aromatic carbocycles. The van der Waals surface area contributed by atoms with Crippen LogP contribution in [0.4, 0.5) is 11.6 Å². The monoisotopic (exact) mass is 277 g/mol. The lowest BCUT2D eigenvalue weighted by Crippen LogP contribution is -2.01. The molecule has 0 amide bonds. The average molecular weight is 278 g/mol. The van der Waals surface area contributed by atoms with Gasteiger partial charge in [-0.25, -0.2) is 9.97 Å². The highest BCUT2D eigenvalue weighted by Gasteiger charge is 2.05. The SMILES string of the molecule is CCOC(C)c1ccc(Nc2ccc(Cl)cn2)nc1. The second-order valence-electron chi connectivity index (χ2n) is 4.06. The van der Waals surface area contributed by atoms with Crippen LogP contribution in [0, 0.1) is 0 Å². The summed E-state index contributed by atoms with van der Waals surface area (Å²) in [7, 11) is 0. The fourth-order valence-corrected chi connectivity index (χ4v) is 1.76. The van der Waals surface area contributed by atoms with Crippen molar-refractivity contribution in [2.75, 3.05) is 11.9 Å². The topological polar surface area (TPSA) is 47.0 Å². The summed E-state index contributed by atoms with van der Waals surface area (Å²) >= 11 is 5.78. The molecule has 0 saturated heterocycles. The van der Waals surface area contributed by atoms with Gasteiger partial charge in [0, 0.05) is 19.0 Å². The summed E-state index contributed by atoms with van der Waals surface area (Å²) in [6, 6.07) is 7.48. The largest absolute Gasteiger partial charge is 0.374 e. The van der Waals surface area contributed by atoms with Crippen LogP contribution < -0.4 is 5.32 Å². The Morgan fingerprint density at radius 1 is 1.16 bits per heavy atom. The minimum atomic E-state index is 0.0557. The van der Waals surface area contributed by atoms with E-state index in [9.17, 15) is 0 Å². The highest BCUT2D eigenvalue weighted by Crippen LogP contribution is 2.19. The van der Waals surface area contributed by atoms with Gasteiger partial charge in [0.25, 0.3) is 0 Å². The molecule has 1 unspecified atom stereocenters. The minimum absolute atomic E-state index is 0.0557. The molecule has 100 valence electrons. The maximum absolute atomic E-state index is 5.78. The summed E-state index contributed by atoms with van der Waals surface area (Å²) < 4.78 is 5.51. The molecule has 2 aromatic heterocycles. The van der Waals surface area contributed by atoms with E-state index in [0.29, 0.717) is 17.4 Å². The van der Waals surface area contributed by atoms with Crippen molar-refractivity contribution < 1.29 is 4.74 Å². The van der Waals surface area contributed by atoms with Gasteiger partial charge in [0.1, 0.15) is 11.6 Å². The van der Waals surface area contributed by atoms with Gasteiger partial charge in [-0.05, 0) is 37.6 Å². The number of aromatic nitrogens is 2. The van der Waals surface area contributed by atoms with Crippen LogP contribution in [0.1, 0.15) is 25.5 Å². The van der Waals surface area contributed by atoms with E-state index in [-0.39, 0.29) is 6.10 Å². The molecule has 2 aromatic rings. The number of hydrogen-bond acceptors (Lipinski definition) is 4. The molecule has 0 radical (unpaired) electrons. The molecule has 0 spiro atoms. The van der Waals surface area contributed by atoms with Gasteiger partial charge in [-0.3, -0.25) is 0 Å². The van der Waals surface area contributed by atoms with Crippen molar-refractivity contribution in [2.45, 2.75) is 20.0 Å². The molecule has 5 heteroatoms. The van der Waals surface area contributed by atoms with E-state index >= 15 is 0 Å². The highest BCUT2D eigenvalue weighted by molar-refractivity contribution is 6.30. The zero-order valence-corrected chi connectivity index (χ0v) is 11.7. The quantitative estimate of drug-likeness (QED) is 0.898. The number of nitrogens with zero attached hydrogens (tertiary/aromatic N) is 2.